The van der Waals surface area contributed by atoms with E-state index in [2.05, 4.69) is 48.0 Å². The van der Waals surface area contributed by atoms with E-state index in [1.54, 1.807) is 0 Å². The maximum absolute atomic E-state index is 4.70. The number of likely N-dealkylation sites (N-methyl/N-ethyl adjacent to an activating group) is 2. The summed E-state index contributed by atoms with van der Waals surface area (Å²) >= 11 is 0. The first-order valence-electron chi connectivity index (χ1n) is 8.03. The first kappa shape index (κ1) is 16.0. The van der Waals surface area contributed by atoms with Crippen molar-refractivity contribution in [3.8, 4) is 0 Å². The van der Waals surface area contributed by atoms with Gasteiger partial charge in [-0.3, -0.25) is 0 Å². The fourth-order valence-corrected chi connectivity index (χ4v) is 3.00. The largest absolute Gasteiger partial charge is 0.370 e. The second-order valence-corrected chi connectivity index (χ2v) is 6.16. The molecule has 0 aromatic carbocycles. The minimum absolute atomic E-state index is 0.538. The molecule has 1 aromatic heterocycles. The maximum Gasteiger partial charge on any atom is 0.137 e. The SMILES string of the molecule is CCCNc1nc(C)nc(N(C)C2CCCN(C)C2)c1C. The minimum atomic E-state index is 0.538. The van der Waals surface area contributed by atoms with Crippen LogP contribution in [0, 0.1) is 13.8 Å². The average Bonchev–Trinajstić information content (AvgIpc) is 2.47. The van der Waals surface area contributed by atoms with E-state index in [9.17, 15) is 0 Å². The van der Waals surface area contributed by atoms with E-state index in [1.807, 2.05) is 6.92 Å². The fourth-order valence-electron chi connectivity index (χ4n) is 3.00. The average molecular weight is 291 g/mol. The van der Waals surface area contributed by atoms with Crippen LogP contribution in [-0.2, 0) is 0 Å². The van der Waals surface area contributed by atoms with Crippen molar-refractivity contribution in [3.05, 3.63) is 11.4 Å². The van der Waals surface area contributed by atoms with Crippen molar-refractivity contribution in [1.82, 2.24) is 14.9 Å². The third-order valence-corrected chi connectivity index (χ3v) is 4.26. The molecular formula is C16H29N5. The Morgan fingerprint density at radius 2 is 2.10 bits per heavy atom. The van der Waals surface area contributed by atoms with E-state index in [0.29, 0.717) is 6.04 Å². The molecule has 0 saturated carbocycles. The van der Waals surface area contributed by atoms with Crippen LogP contribution < -0.4 is 10.2 Å². The molecular weight excluding hydrogens is 262 g/mol. The van der Waals surface area contributed by atoms with Gasteiger partial charge in [0, 0.05) is 31.7 Å². The molecule has 0 radical (unpaired) electrons. The number of likely N-dealkylation sites (tertiary alicyclic amines) is 1. The number of aryl methyl sites for hydroxylation is 1. The normalized spacial score (nSPS) is 19.6. The van der Waals surface area contributed by atoms with Gasteiger partial charge in [0.15, 0.2) is 0 Å². The summed E-state index contributed by atoms with van der Waals surface area (Å²) in [5, 5.41) is 3.42. The second kappa shape index (κ2) is 7.07. The molecule has 5 nitrogen and oxygen atoms in total. The summed E-state index contributed by atoms with van der Waals surface area (Å²) in [5.74, 6) is 2.89. The van der Waals surface area contributed by atoms with Gasteiger partial charge in [0.2, 0.25) is 0 Å². The number of nitrogens with zero attached hydrogens (tertiary/aromatic N) is 4. The number of rotatable bonds is 5. The minimum Gasteiger partial charge on any atom is -0.370 e. The summed E-state index contributed by atoms with van der Waals surface area (Å²) in [6.45, 7) is 9.52. The van der Waals surface area contributed by atoms with Crippen molar-refractivity contribution in [3.63, 3.8) is 0 Å². The predicted octanol–water partition coefficient (Wildman–Crippen LogP) is 2.45. The lowest BCUT2D eigenvalue weighted by Crippen LogP contribution is -2.45. The standard InChI is InChI=1S/C16H29N5/c1-6-9-17-15-12(2)16(19-13(3)18-15)21(5)14-8-7-10-20(4)11-14/h14H,6-11H2,1-5H3,(H,17,18,19). The Bertz CT molecular complexity index is 474. The lowest BCUT2D eigenvalue weighted by molar-refractivity contribution is 0.247. The molecule has 1 N–H and O–H groups in total. The van der Waals surface area contributed by atoms with Crippen LogP contribution in [0.5, 0.6) is 0 Å². The fraction of sp³-hybridized carbons (Fsp3) is 0.750. The molecule has 0 amide bonds. The first-order valence-corrected chi connectivity index (χ1v) is 8.03. The van der Waals surface area contributed by atoms with Crippen LogP contribution in [0.1, 0.15) is 37.6 Å². The highest BCUT2D eigenvalue weighted by atomic mass is 15.3. The Hall–Kier alpha value is -1.36. The number of anilines is 2. The summed E-state index contributed by atoms with van der Waals surface area (Å²) in [5.41, 5.74) is 1.16. The molecule has 0 aliphatic carbocycles. The van der Waals surface area contributed by atoms with Crippen molar-refractivity contribution in [2.75, 3.05) is 43.9 Å². The zero-order valence-electron chi connectivity index (χ0n) is 14.1. The summed E-state index contributed by atoms with van der Waals surface area (Å²) in [7, 11) is 4.37. The van der Waals surface area contributed by atoms with E-state index in [0.717, 1.165) is 42.5 Å². The third-order valence-electron chi connectivity index (χ3n) is 4.26. The van der Waals surface area contributed by atoms with Gasteiger partial charge >= 0.3 is 0 Å². The Balaban J connectivity index is 2.23. The highest BCUT2D eigenvalue weighted by molar-refractivity contribution is 5.58. The van der Waals surface area contributed by atoms with Crippen LogP contribution in [0.25, 0.3) is 0 Å². The van der Waals surface area contributed by atoms with E-state index in [1.165, 1.54) is 19.4 Å². The van der Waals surface area contributed by atoms with E-state index >= 15 is 0 Å². The van der Waals surface area contributed by atoms with Gasteiger partial charge in [-0.25, -0.2) is 9.97 Å². The van der Waals surface area contributed by atoms with Gasteiger partial charge in [-0.15, -0.1) is 0 Å². The Morgan fingerprint density at radius 3 is 2.76 bits per heavy atom. The van der Waals surface area contributed by atoms with E-state index in [-0.39, 0.29) is 0 Å². The van der Waals surface area contributed by atoms with Gasteiger partial charge in [0.1, 0.15) is 17.5 Å². The smallest absolute Gasteiger partial charge is 0.137 e. The molecule has 5 heteroatoms. The molecule has 118 valence electrons. The van der Waals surface area contributed by atoms with Crippen LogP contribution in [-0.4, -0.2) is 54.6 Å². The molecule has 1 saturated heterocycles. The summed E-state index contributed by atoms with van der Waals surface area (Å²) < 4.78 is 0. The van der Waals surface area contributed by atoms with Gasteiger partial charge < -0.3 is 15.1 Å². The maximum atomic E-state index is 4.70. The number of nitrogens with one attached hydrogen (secondary N) is 1. The number of hydrogen-bond acceptors (Lipinski definition) is 5. The lowest BCUT2D eigenvalue weighted by Gasteiger charge is -2.37. The summed E-state index contributed by atoms with van der Waals surface area (Å²) in [6.07, 6.45) is 3.59. The van der Waals surface area contributed by atoms with Crippen molar-refractivity contribution in [2.45, 2.75) is 46.1 Å². The van der Waals surface area contributed by atoms with Crippen LogP contribution in [0.4, 0.5) is 11.6 Å². The highest BCUT2D eigenvalue weighted by Gasteiger charge is 2.24. The van der Waals surface area contributed by atoms with Gasteiger partial charge in [0.05, 0.1) is 0 Å². The molecule has 1 aliphatic rings. The molecule has 2 heterocycles. The molecule has 1 aromatic rings. The van der Waals surface area contributed by atoms with Crippen molar-refractivity contribution < 1.29 is 0 Å². The van der Waals surface area contributed by atoms with Crippen molar-refractivity contribution >= 4 is 11.6 Å². The van der Waals surface area contributed by atoms with E-state index in [4.69, 9.17) is 4.98 Å². The van der Waals surface area contributed by atoms with Gasteiger partial charge in [-0.05, 0) is 46.7 Å². The first-order chi connectivity index (χ1) is 10.0. The topological polar surface area (TPSA) is 44.3 Å². The quantitative estimate of drug-likeness (QED) is 0.903. The summed E-state index contributed by atoms with van der Waals surface area (Å²) in [6, 6.07) is 0.538. The van der Waals surface area contributed by atoms with Gasteiger partial charge in [0.25, 0.3) is 0 Å². The van der Waals surface area contributed by atoms with Crippen LogP contribution in [0.15, 0.2) is 0 Å². The zero-order chi connectivity index (χ0) is 15.4. The molecule has 21 heavy (non-hydrogen) atoms. The second-order valence-electron chi connectivity index (χ2n) is 6.16. The predicted molar refractivity (Wildman–Crippen MR) is 89.2 cm³/mol. The molecule has 0 bridgehead atoms. The lowest BCUT2D eigenvalue weighted by atomic mass is 10.0. The van der Waals surface area contributed by atoms with Gasteiger partial charge in [-0.1, -0.05) is 6.92 Å². The van der Waals surface area contributed by atoms with Crippen molar-refractivity contribution in [2.24, 2.45) is 0 Å². The Labute approximate surface area is 128 Å². The summed E-state index contributed by atoms with van der Waals surface area (Å²) in [4.78, 5) is 14.0. The van der Waals surface area contributed by atoms with Crippen molar-refractivity contribution in [1.29, 1.82) is 0 Å². The van der Waals surface area contributed by atoms with E-state index < -0.39 is 0 Å². The highest BCUT2D eigenvalue weighted by Crippen LogP contribution is 2.26. The Morgan fingerprint density at radius 1 is 1.33 bits per heavy atom. The molecule has 2 rings (SSSR count). The van der Waals surface area contributed by atoms with Gasteiger partial charge in [-0.2, -0.15) is 0 Å². The van der Waals surface area contributed by atoms with Crippen LogP contribution in [0.3, 0.4) is 0 Å². The molecule has 0 spiro atoms. The molecule has 1 aliphatic heterocycles. The Kier molecular flexibility index (Phi) is 5.39. The molecule has 1 fully saturated rings. The van der Waals surface area contributed by atoms with Crippen LogP contribution >= 0.6 is 0 Å². The number of aromatic nitrogens is 2. The monoisotopic (exact) mass is 291 g/mol. The third kappa shape index (κ3) is 3.84. The van der Waals surface area contributed by atoms with Crippen LogP contribution in [0.2, 0.25) is 0 Å². The molecule has 1 unspecified atom stereocenters. The zero-order valence-corrected chi connectivity index (χ0v) is 14.1. The number of piperidine rings is 1. The molecule has 1 atom stereocenters. The number of hydrogen-bond donors (Lipinski definition) is 1.